The maximum absolute atomic E-state index is 11.7. The summed E-state index contributed by atoms with van der Waals surface area (Å²) in [5.74, 6) is 0.876. The van der Waals surface area contributed by atoms with Gasteiger partial charge in [-0.1, -0.05) is 0 Å². The minimum Gasteiger partial charge on any atom is -0.362 e. The third kappa shape index (κ3) is 3.75. The Morgan fingerprint density at radius 1 is 1.10 bits per heavy atom. The quantitative estimate of drug-likeness (QED) is 0.456. The van der Waals surface area contributed by atoms with Gasteiger partial charge >= 0.3 is 0 Å². The summed E-state index contributed by atoms with van der Waals surface area (Å²) < 4.78 is 23.5. The normalized spacial score (nSPS) is 15.1. The van der Waals surface area contributed by atoms with Gasteiger partial charge in [0.05, 0.1) is 15.2 Å². The number of piperazine rings is 1. The fraction of sp³-hybridized carbons (Fsp3) is 0.333. The Morgan fingerprint density at radius 3 is 2.45 bits per heavy atom. The van der Waals surface area contributed by atoms with Gasteiger partial charge in [0.1, 0.15) is 22.7 Å². The summed E-state index contributed by atoms with van der Waals surface area (Å²) in [6, 6.07) is 6.16. The number of nitro benzene ring substituents is 1. The van der Waals surface area contributed by atoms with Crippen molar-refractivity contribution in [2.75, 3.05) is 42.2 Å². The second-order valence-corrected chi connectivity index (χ2v) is 10.2. The monoisotopic (exact) mass is 433 g/mol. The summed E-state index contributed by atoms with van der Waals surface area (Å²) in [5, 5.41) is 12.6. The average molecular weight is 434 g/mol. The predicted octanol–water partition coefficient (Wildman–Crippen LogP) is 2.64. The highest BCUT2D eigenvalue weighted by atomic mass is 32.2. The van der Waals surface area contributed by atoms with Gasteiger partial charge in [-0.15, -0.1) is 11.3 Å². The van der Waals surface area contributed by atoms with Crippen LogP contribution < -0.4 is 9.80 Å². The Balaban J connectivity index is 1.59. The number of thiophene rings is 1. The Bertz CT molecular complexity index is 1200. The molecule has 0 N–H and O–H groups in total. The number of hydrogen-bond acceptors (Lipinski definition) is 9. The van der Waals surface area contributed by atoms with E-state index >= 15 is 0 Å². The third-order valence-corrected chi connectivity index (χ3v) is 6.99. The largest absolute Gasteiger partial charge is 0.362 e. The van der Waals surface area contributed by atoms with Crippen molar-refractivity contribution in [3.05, 3.63) is 45.6 Å². The standard InChI is InChI=1S/C18H19N5O4S2/c1-12-9-14-17(19-11-20-18(14)28-12)22-7-5-21(6-8-22)15-4-3-13(29(2,26)27)10-16(15)23(24)25/h3-4,9-11H,5-8H2,1-2H3. The van der Waals surface area contributed by atoms with E-state index in [2.05, 4.69) is 20.9 Å². The average Bonchev–Trinajstić information content (AvgIpc) is 3.07. The molecule has 0 bridgehead atoms. The van der Waals surface area contributed by atoms with Crippen LogP contribution in [0.15, 0.2) is 35.5 Å². The number of hydrogen-bond donors (Lipinski definition) is 0. The molecule has 9 nitrogen and oxygen atoms in total. The molecule has 0 aliphatic carbocycles. The zero-order valence-corrected chi connectivity index (χ0v) is 17.5. The molecule has 2 aromatic heterocycles. The van der Waals surface area contributed by atoms with E-state index in [1.54, 1.807) is 17.7 Å². The molecule has 1 fully saturated rings. The first-order valence-corrected chi connectivity index (χ1v) is 11.6. The van der Waals surface area contributed by atoms with Gasteiger partial charge < -0.3 is 9.80 Å². The molecule has 1 aromatic carbocycles. The van der Waals surface area contributed by atoms with Crippen molar-refractivity contribution in [1.82, 2.24) is 9.97 Å². The van der Waals surface area contributed by atoms with Gasteiger partial charge in [0.25, 0.3) is 5.69 Å². The smallest absolute Gasteiger partial charge is 0.293 e. The molecule has 0 amide bonds. The fourth-order valence-electron chi connectivity index (χ4n) is 3.52. The number of sulfone groups is 1. The Labute approximate surface area is 171 Å². The molecule has 1 aliphatic heterocycles. The van der Waals surface area contributed by atoms with E-state index in [9.17, 15) is 18.5 Å². The van der Waals surface area contributed by atoms with Crippen molar-refractivity contribution in [2.45, 2.75) is 11.8 Å². The Hall–Kier alpha value is -2.79. The number of fused-ring (bicyclic) bond motifs is 1. The van der Waals surface area contributed by atoms with E-state index < -0.39 is 14.8 Å². The zero-order chi connectivity index (χ0) is 20.8. The molecule has 0 atom stereocenters. The van der Waals surface area contributed by atoms with Crippen LogP contribution in [0, 0.1) is 17.0 Å². The number of nitrogens with zero attached hydrogens (tertiary/aromatic N) is 5. The van der Waals surface area contributed by atoms with E-state index in [0.717, 1.165) is 28.4 Å². The lowest BCUT2D eigenvalue weighted by Crippen LogP contribution is -2.47. The van der Waals surface area contributed by atoms with Crippen molar-refractivity contribution < 1.29 is 13.3 Å². The lowest BCUT2D eigenvalue weighted by atomic mass is 10.2. The van der Waals surface area contributed by atoms with Gasteiger partial charge in [-0.3, -0.25) is 10.1 Å². The maximum atomic E-state index is 11.7. The van der Waals surface area contributed by atoms with Gasteiger partial charge in [-0.2, -0.15) is 0 Å². The molecule has 152 valence electrons. The van der Waals surface area contributed by atoms with E-state index in [1.807, 2.05) is 11.8 Å². The summed E-state index contributed by atoms with van der Waals surface area (Å²) in [4.78, 5) is 25.9. The van der Waals surface area contributed by atoms with Crippen molar-refractivity contribution >= 4 is 48.6 Å². The van der Waals surface area contributed by atoms with E-state index in [0.29, 0.717) is 31.9 Å². The van der Waals surface area contributed by atoms with Crippen LogP contribution in [0.1, 0.15) is 4.88 Å². The number of benzene rings is 1. The fourth-order valence-corrected chi connectivity index (χ4v) is 5.00. The first-order chi connectivity index (χ1) is 13.7. The molecule has 1 saturated heterocycles. The molecule has 0 saturated carbocycles. The summed E-state index contributed by atoms with van der Waals surface area (Å²) in [6.45, 7) is 4.45. The number of nitro groups is 1. The summed E-state index contributed by atoms with van der Waals surface area (Å²) in [7, 11) is -3.51. The molecule has 4 rings (SSSR count). The van der Waals surface area contributed by atoms with Gasteiger partial charge in [-0.25, -0.2) is 18.4 Å². The molecule has 0 radical (unpaired) electrons. The van der Waals surface area contributed by atoms with Crippen LogP contribution in [0.3, 0.4) is 0 Å². The minimum absolute atomic E-state index is 0.0530. The molecule has 11 heteroatoms. The minimum atomic E-state index is -3.51. The lowest BCUT2D eigenvalue weighted by molar-refractivity contribution is -0.384. The van der Waals surface area contributed by atoms with E-state index in [-0.39, 0.29) is 10.6 Å². The van der Waals surface area contributed by atoms with Crippen LogP contribution in [0.5, 0.6) is 0 Å². The Morgan fingerprint density at radius 2 is 1.79 bits per heavy atom. The summed E-state index contributed by atoms with van der Waals surface area (Å²) >= 11 is 1.62. The second-order valence-electron chi connectivity index (χ2n) is 6.93. The van der Waals surface area contributed by atoms with Crippen LogP contribution in [0.2, 0.25) is 0 Å². The molecular formula is C18H19N5O4S2. The van der Waals surface area contributed by atoms with Crippen molar-refractivity contribution in [2.24, 2.45) is 0 Å². The highest BCUT2D eigenvalue weighted by Gasteiger charge is 2.26. The summed E-state index contributed by atoms with van der Waals surface area (Å²) in [5.41, 5.74) is 0.237. The van der Waals surface area contributed by atoms with E-state index in [4.69, 9.17) is 0 Å². The van der Waals surface area contributed by atoms with Gasteiger partial charge in [0.15, 0.2) is 9.84 Å². The first-order valence-electron chi connectivity index (χ1n) is 8.93. The molecule has 3 aromatic rings. The third-order valence-electron chi connectivity index (χ3n) is 4.92. The number of aryl methyl sites for hydroxylation is 1. The predicted molar refractivity (Wildman–Crippen MR) is 113 cm³/mol. The topological polar surface area (TPSA) is 110 Å². The SMILES string of the molecule is Cc1cc2c(N3CCN(c4ccc(S(C)(=O)=O)cc4[N+](=O)[O-])CC3)ncnc2s1. The van der Waals surface area contributed by atoms with Crippen molar-refractivity contribution in [3.63, 3.8) is 0 Å². The van der Waals surface area contributed by atoms with Crippen LogP contribution >= 0.6 is 11.3 Å². The first kappa shape index (κ1) is 19.5. The molecule has 3 heterocycles. The van der Waals surface area contributed by atoms with Crippen LogP contribution in [-0.2, 0) is 9.84 Å². The maximum Gasteiger partial charge on any atom is 0.293 e. The Kier molecular flexibility index (Phi) is 4.87. The highest BCUT2D eigenvalue weighted by molar-refractivity contribution is 7.90. The van der Waals surface area contributed by atoms with Gasteiger partial charge in [-0.05, 0) is 25.1 Å². The zero-order valence-electron chi connectivity index (χ0n) is 15.9. The van der Waals surface area contributed by atoms with Crippen LogP contribution in [0.4, 0.5) is 17.2 Å². The van der Waals surface area contributed by atoms with E-state index in [1.165, 1.54) is 17.0 Å². The second kappa shape index (κ2) is 7.23. The molecular weight excluding hydrogens is 414 g/mol. The van der Waals surface area contributed by atoms with Gasteiger partial charge in [0, 0.05) is 43.4 Å². The lowest BCUT2D eigenvalue weighted by Gasteiger charge is -2.36. The number of aromatic nitrogens is 2. The van der Waals surface area contributed by atoms with Crippen molar-refractivity contribution in [1.29, 1.82) is 0 Å². The van der Waals surface area contributed by atoms with Crippen LogP contribution in [-0.4, -0.2) is 55.7 Å². The molecule has 1 aliphatic rings. The molecule has 0 unspecified atom stereocenters. The number of anilines is 2. The van der Waals surface area contributed by atoms with Gasteiger partial charge in [0.2, 0.25) is 0 Å². The number of rotatable bonds is 4. The molecule has 0 spiro atoms. The molecule has 29 heavy (non-hydrogen) atoms. The van der Waals surface area contributed by atoms with Crippen molar-refractivity contribution in [3.8, 4) is 0 Å². The summed E-state index contributed by atoms with van der Waals surface area (Å²) in [6.07, 6.45) is 2.61. The van der Waals surface area contributed by atoms with Crippen LogP contribution in [0.25, 0.3) is 10.2 Å². The highest BCUT2D eigenvalue weighted by Crippen LogP contribution is 2.33.